The van der Waals surface area contributed by atoms with Gasteiger partial charge in [-0.15, -0.1) is 5.10 Å². The van der Waals surface area contributed by atoms with Crippen LogP contribution in [0.2, 0.25) is 5.02 Å². The van der Waals surface area contributed by atoms with E-state index in [1.807, 2.05) is 29.5 Å². The number of aromatic nitrogens is 3. The molecule has 1 heterocycles. The van der Waals surface area contributed by atoms with Crippen LogP contribution in [0.4, 0.5) is 0 Å². The molecule has 0 unspecified atom stereocenters. The van der Waals surface area contributed by atoms with Crippen molar-refractivity contribution in [2.24, 2.45) is 0 Å². The van der Waals surface area contributed by atoms with Crippen molar-refractivity contribution >= 4 is 58.0 Å². The second-order valence-electron chi connectivity index (χ2n) is 4.56. The van der Waals surface area contributed by atoms with Gasteiger partial charge in [0.1, 0.15) is 16.5 Å². The van der Waals surface area contributed by atoms with Gasteiger partial charge in [-0.2, -0.15) is 0 Å². The normalized spacial score (nSPS) is 11.7. The topological polar surface area (TPSA) is 99.1 Å². The zero-order valence-corrected chi connectivity index (χ0v) is 15.7. The fourth-order valence-electron chi connectivity index (χ4n) is 1.74. The first-order valence-electron chi connectivity index (χ1n) is 6.62. The van der Waals surface area contributed by atoms with Crippen molar-refractivity contribution in [1.82, 2.24) is 15.2 Å². The fourth-order valence-corrected chi connectivity index (χ4v) is 3.52. The van der Waals surface area contributed by atoms with Gasteiger partial charge in [-0.3, -0.25) is 5.10 Å². The average molecular weight is 466 g/mol. The van der Waals surface area contributed by atoms with Gasteiger partial charge in [0.2, 0.25) is 5.16 Å². The van der Waals surface area contributed by atoms with E-state index >= 15 is 0 Å². The number of rotatable bonds is 6. The molecule has 0 saturated heterocycles. The molecule has 9 heteroatoms. The number of carboxylic acid groups (broad SMARTS) is 1. The zero-order chi connectivity index (χ0) is 17.0. The summed E-state index contributed by atoms with van der Waals surface area (Å²) in [5.41, 5.74) is 0.330. The highest BCUT2D eigenvalue weighted by Gasteiger charge is 2.15. The number of phenols is 1. The van der Waals surface area contributed by atoms with Gasteiger partial charge in [0.15, 0.2) is 0 Å². The second kappa shape index (κ2) is 8.02. The van der Waals surface area contributed by atoms with Gasteiger partial charge in [-0.25, -0.2) is 9.78 Å². The third kappa shape index (κ3) is 4.85. The molecule has 0 aliphatic heterocycles. The van der Waals surface area contributed by atoms with Crippen LogP contribution in [0.5, 0.6) is 5.75 Å². The average Bonchev–Trinajstić information content (AvgIpc) is 2.91. The van der Waals surface area contributed by atoms with Crippen LogP contribution in [0.15, 0.2) is 22.2 Å². The Hall–Kier alpha value is -1.26. The molecule has 1 aromatic heterocycles. The second-order valence-corrected chi connectivity index (χ2v) is 7.16. The van der Waals surface area contributed by atoms with Gasteiger partial charge in [-0.1, -0.05) is 18.5 Å². The fraction of sp³-hybridized carbons (Fsp3) is 0.214. The quantitative estimate of drug-likeness (QED) is 0.339. The SMILES string of the molecule is CCCc1nc(S/C(=C\c2cc(Cl)cc(I)c2O)C(=O)O)n[nH]1. The number of aromatic amines is 1. The van der Waals surface area contributed by atoms with Gasteiger partial charge in [0.05, 0.1) is 3.57 Å². The van der Waals surface area contributed by atoms with E-state index in [9.17, 15) is 15.0 Å². The maximum atomic E-state index is 11.5. The minimum absolute atomic E-state index is 0.0135. The lowest BCUT2D eigenvalue weighted by molar-refractivity contribution is -0.131. The lowest BCUT2D eigenvalue weighted by Gasteiger charge is -2.05. The van der Waals surface area contributed by atoms with Crippen LogP contribution < -0.4 is 0 Å². The molecule has 0 saturated carbocycles. The third-order valence-electron chi connectivity index (χ3n) is 2.75. The monoisotopic (exact) mass is 465 g/mol. The van der Waals surface area contributed by atoms with E-state index in [1.165, 1.54) is 12.1 Å². The number of benzene rings is 1. The van der Waals surface area contributed by atoms with Gasteiger partial charge in [-0.05, 0) is 59.0 Å². The van der Waals surface area contributed by atoms with E-state index < -0.39 is 5.97 Å². The first-order valence-corrected chi connectivity index (χ1v) is 8.90. The number of aryl methyl sites for hydroxylation is 1. The number of nitrogens with one attached hydrogen (secondary N) is 1. The highest BCUT2D eigenvalue weighted by atomic mass is 127. The molecule has 0 atom stereocenters. The van der Waals surface area contributed by atoms with Crippen molar-refractivity contribution < 1.29 is 15.0 Å². The van der Waals surface area contributed by atoms with Gasteiger partial charge < -0.3 is 10.2 Å². The lowest BCUT2D eigenvalue weighted by atomic mass is 10.2. The Bertz CT molecular complexity index is 764. The lowest BCUT2D eigenvalue weighted by Crippen LogP contribution is -1.97. The number of aliphatic carboxylic acids is 1. The molecule has 3 N–H and O–H groups in total. The summed E-state index contributed by atoms with van der Waals surface area (Å²) in [4.78, 5) is 15.7. The summed E-state index contributed by atoms with van der Waals surface area (Å²) in [6.45, 7) is 2.02. The number of halogens is 2. The van der Waals surface area contributed by atoms with Crippen molar-refractivity contribution in [3.8, 4) is 5.75 Å². The van der Waals surface area contributed by atoms with E-state index in [2.05, 4.69) is 15.2 Å². The summed E-state index contributed by atoms with van der Waals surface area (Å²) in [6.07, 6.45) is 3.01. The minimum atomic E-state index is -1.13. The molecule has 0 spiro atoms. The van der Waals surface area contributed by atoms with Crippen LogP contribution >= 0.6 is 46.0 Å². The Kier molecular flexibility index (Phi) is 6.31. The van der Waals surface area contributed by atoms with E-state index in [-0.39, 0.29) is 10.7 Å². The van der Waals surface area contributed by atoms with Crippen LogP contribution in [-0.4, -0.2) is 31.4 Å². The van der Waals surface area contributed by atoms with Crippen LogP contribution in [-0.2, 0) is 11.2 Å². The molecular weight excluding hydrogens is 453 g/mol. The molecule has 122 valence electrons. The van der Waals surface area contributed by atoms with Gasteiger partial charge in [0.25, 0.3) is 0 Å². The summed E-state index contributed by atoms with van der Waals surface area (Å²) in [7, 11) is 0. The van der Waals surface area contributed by atoms with Gasteiger partial charge in [0, 0.05) is 17.0 Å². The number of phenolic OH excluding ortho intramolecular Hbond substituents is 1. The van der Waals surface area contributed by atoms with Crippen molar-refractivity contribution in [3.05, 3.63) is 37.0 Å². The number of aromatic hydroxyl groups is 1. The van der Waals surface area contributed by atoms with Crippen LogP contribution in [0.3, 0.4) is 0 Å². The summed E-state index contributed by atoms with van der Waals surface area (Å²) in [5, 5.41) is 26.9. The standard InChI is InChI=1S/C14H13ClIN3O3S/c1-2-3-11-17-14(19-18-11)23-10(13(21)22)5-7-4-8(15)6-9(16)12(7)20/h4-6,20H,2-3H2,1H3,(H,21,22)(H,17,18,19)/b10-5-. The Labute approximate surface area is 155 Å². The van der Waals surface area contributed by atoms with Crippen molar-refractivity contribution in [2.75, 3.05) is 0 Å². The predicted molar refractivity (Wildman–Crippen MR) is 97.7 cm³/mol. The molecule has 1 aromatic carbocycles. The van der Waals surface area contributed by atoms with E-state index in [0.717, 1.165) is 24.6 Å². The molecule has 0 radical (unpaired) electrons. The molecule has 6 nitrogen and oxygen atoms in total. The summed E-state index contributed by atoms with van der Waals surface area (Å²) < 4.78 is 0.541. The largest absolute Gasteiger partial charge is 0.506 e. The summed E-state index contributed by atoms with van der Waals surface area (Å²) >= 11 is 8.79. The first-order chi connectivity index (χ1) is 10.9. The number of nitrogens with zero attached hydrogens (tertiary/aromatic N) is 2. The molecule has 0 fully saturated rings. The zero-order valence-electron chi connectivity index (χ0n) is 12.0. The minimum Gasteiger partial charge on any atom is -0.506 e. The summed E-state index contributed by atoms with van der Waals surface area (Å²) in [6, 6.07) is 3.09. The maximum absolute atomic E-state index is 11.5. The molecule has 2 aromatic rings. The van der Waals surface area contributed by atoms with Crippen LogP contribution in [0.25, 0.3) is 6.08 Å². The Morgan fingerprint density at radius 2 is 2.26 bits per heavy atom. The molecule has 0 amide bonds. The predicted octanol–water partition coefficient (Wildman–Crippen LogP) is 3.94. The maximum Gasteiger partial charge on any atom is 0.342 e. The molecule has 0 bridgehead atoms. The van der Waals surface area contributed by atoms with Crippen LogP contribution in [0, 0.1) is 3.57 Å². The highest BCUT2D eigenvalue weighted by molar-refractivity contribution is 14.1. The molecule has 2 rings (SSSR count). The molecule has 0 aliphatic rings. The van der Waals surface area contributed by atoms with Crippen LogP contribution in [0.1, 0.15) is 24.7 Å². The van der Waals surface area contributed by atoms with E-state index in [0.29, 0.717) is 25.1 Å². The number of hydrogen-bond acceptors (Lipinski definition) is 5. The van der Waals surface area contributed by atoms with E-state index in [4.69, 9.17) is 11.6 Å². The number of thioether (sulfide) groups is 1. The number of carbonyl (C=O) groups is 1. The van der Waals surface area contributed by atoms with Crippen molar-refractivity contribution in [2.45, 2.75) is 24.9 Å². The smallest absolute Gasteiger partial charge is 0.342 e. The highest BCUT2D eigenvalue weighted by Crippen LogP contribution is 2.33. The summed E-state index contributed by atoms with van der Waals surface area (Å²) in [5.74, 6) is -0.442. The third-order valence-corrected chi connectivity index (χ3v) is 4.67. The molecule has 0 aliphatic carbocycles. The molecular formula is C14H13ClIN3O3S. The van der Waals surface area contributed by atoms with Crippen molar-refractivity contribution in [3.63, 3.8) is 0 Å². The Balaban J connectivity index is 2.32. The molecule has 23 heavy (non-hydrogen) atoms. The van der Waals surface area contributed by atoms with E-state index in [1.54, 1.807) is 6.07 Å². The Morgan fingerprint density at radius 3 is 2.91 bits per heavy atom. The number of H-pyrrole nitrogens is 1. The number of carboxylic acids is 1. The number of hydrogen-bond donors (Lipinski definition) is 3. The van der Waals surface area contributed by atoms with Crippen molar-refractivity contribution in [1.29, 1.82) is 0 Å². The first kappa shape index (κ1) is 18.1. The Morgan fingerprint density at radius 1 is 1.52 bits per heavy atom. The van der Waals surface area contributed by atoms with Gasteiger partial charge >= 0.3 is 5.97 Å².